The number of aryl methyl sites for hydroxylation is 1. The number of nitrogens with zero attached hydrogens (tertiary/aromatic N) is 2. The first-order valence-electron chi connectivity index (χ1n) is 6.30. The van der Waals surface area contributed by atoms with Crippen LogP contribution in [0.25, 0.3) is 0 Å². The van der Waals surface area contributed by atoms with Crippen LogP contribution in [0.5, 0.6) is 0 Å². The quantitative estimate of drug-likeness (QED) is 0.880. The summed E-state index contributed by atoms with van der Waals surface area (Å²) in [4.78, 5) is 11.2. The van der Waals surface area contributed by atoms with Crippen molar-refractivity contribution in [2.75, 3.05) is 12.4 Å². The van der Waals surface area contributed by atoms with Crippen molar-refractivity contribution in [3.05, 3.63) is 46.2 Å². The largest absolute Gasteiger partial charge is 0.378 e. The van der Waals surface area contributed by atoms with Gasteiger partial charge in [-0.1, -0.05) is 28.1 Å². The number of halogens is 1. The molecule has 2 aromatic rings. The molecule has 0 spiro atoms. The number of carbonyl (C=O) groups excluding carboxylic acids is 1. The van der Waals surface area contributed by atoms with Gasteiger partial charge >= 0.3 is 0 Å². The molecule has 0 radical (unpaired) electrons. The third-order valence-corrected chi connectivity index (χ3v) is 3.83. The predicted octanol–water partition coefficient (Wildman–Crippen LogP) is 2.31. The molecule has 5 nitrogen and oxygen atoms in total. The van der Waals surface area contributed by atoms with Crippen LogP contribution < -0.4 is 10.6 Å². The number of nitrogens with one attached hydrogen (secondary N) is 2. The molecule has 0 unspecified atom stereocenters. The van der Waals surface area contributed by atoms with E-state index in [9.17, 15) is 4.79 Å². The number of likely N-dealkylation sites (N-methyl/N-ethyl adjacent to an activating group) is 1. The van der Waals surface area contributed by atoms with Gasteiger partial charge in [-0.25, -0.2) is 0 Å². The SMILES string of the molecule is CNC(=O)Cn1cc(NCc2ccc(Br)c(C)c2)cn1. The standard InChI is InChI=1S/C14H17BrN4O/c1-10-5-11(3-4-13(10)15)6-17-12-7-18-19(8-12)9-14(20)16-2/h3-5,7-8,17H,6,9H2,1-2H3,(H,16,20). The van der Waals surface area contributed by atoms with Crippen molar-refractivity contribution in [3.8, 4) is 0 Å². The molecule has 0 fully saturated rings. The Hall–Kier alpha value is -1.82. The van der Waals surface area contributed by atoms with Gasteiger partial charge in [-0.15, -0.1) is 0 Å². The average molecular weight is 337 g/mol. The summed E-state index contributed by atoms with van der Waals surface area (Å²) < 4.78 is 2.72. The fourth-order valence-electron chi connectivity index (χ4n) is 1.79. The molecular weight excluding hydrogens is 320 g/mol. The molecule has 0 bridgehead atoms. The fourth-order valence-corrected chi connectivity index (χ4v) is 2.04. The maximum absolute atomic E-state index is 11.2. The number of rotatable bonds is 5. The molecule has 0 aliphatic heterocycles. The third kappa shape index (κ3) is 3.84. The van der Waals surface area contributed by atoms with Gasteiger partial charge in [-0.2, -0.15) is 5.10 Å². The second-order valence-corrected chi connectivity index (χ2v) is 5.39. The molecule has 0 atom stereocenters. The molecule has 1 aromatic carbocycles. The molecule has 1 amide bonds. The smallest absolute Gasteiger partial charge is 0.241 e. The molecule has 0 saturated heterocycles. The molecule has 106 valence electrons. The second-order valence-electron chi connectivity index (χ2n) is 4.54. The lowest BCUT2D eigenvalue weighted by atomic mass is 10.1. The summed E-state index contributed by atoms with van der Waals surface area (Å²) in [6, 6.07) is 6.24. The first-order chi connectivity index (χ1) is 9.58. The maximum Gasteiger partial charge on any atom is 0.241 e. The number of amides is 1. The zero-order valence-corrected chi connectivity index (χ0v) is 13.1. The lowest BCUT2D eigenvalue weighted by Crippen LogP contribution is -2.23. The minimum Gasteiger partial charge on any atom is -0.378 e. The predicted molar refractivity (Wildman–Crippen MR) is 82.5 cm³/mol. The normalized spacial score (nSPS) is 10.3. The number of aromatic nitrogens is 2. The van der Waals surface area contributed by atoms with Crippen LogP contribution in [0, 0.1) is 6.92 Å². The van der Waals surface area contributed by atoms with Gasteiger partial charge in [0.1, 0.15) is 6.54 Å². The Morgan fingerprint density at radius 1 is 1.45 bits per heavy atom. The van der Waals surface area contributed by atoms with Crippen molar-refractivity contribution in [2.45, 2.75) is 20.0 Å². The summed E-state index contributed by atoms with van der Waals surface area (Å²) in [6.45, 7) is 3.02. The number of hydrogen-bond donors (Lipinski definition) is 2. The molecule has 0 saturated carbocycles. The van der Waals surface area contributed by atoms with E-state index in [2.05, 4.69) is 50.7 Å². The minimum atomic E-state index is -0.0665. The van der Waals surface area contributed by atoms with Gasteiger partial charge in [0.15, 0.2) is 0 Å². The van der Waals surface area contributed by atoms with Crippen molar-refractivity contribution in [1.29, 1.82) is 0 Å². The summed E-state index contributed by atoms with van der Waals surface area (Å²) in [6.07, 6.45) is 3.54. The van der Waals surface area contributed by atoms with Crippen molar-refractivity contribution in [1.82, 2.24) is 15.1 Å². The molecule has 2 N–H and O–H groups in total. The zero-order valence-electron chi connectivity index (χ0n) is 11.5. The van der Waals surface area contributed by atoms with Crippen LogP contribution in [0.1, 0.15) is 11.1 Å². The zero-order chi connectivity index (χ0) is 14.5. The van der Waals surface area contributed by atoms with E-state index in [1.165, 1.54) is 11.1 Å². The first kappa shape index (κ1) is 14.6. The van der Waals surface area contributed by atoms with E-state index >= 15 is 0 Å². The van der Waals surface area contributed by atoms with Gasteiger partial charge in [0, 0.05) is 24.3 Å². The van der Waals surface area contributed by atoms with Crippen LogP contribution >= 0.6 is 15.9 Å². The van der Waals surface area contributed by atoms with Gasteiger partial charge in [0.25, 0.3) is 0 Å². The van der Waals surface area contributed by atoms with E-state index in [1.54, 1.807) is 17.9 Å². The highest BCUT2D eigenvalue weighted by Gasteiger charge is 2.03. The van der Waals surface area contributed by atoms with E-state index in [4.69, 9.17) is 0 Å². The van der Waals surface area contributed by atoms with Crippen LogP contribution in [0.2, 0.25) is 0 Å². The van der Waals surface area contributed by atoms with Crippen molar-refractivity contribution in [3.63, 3.8) is 0 Å². The number of hydrogen-bond acceptors (Lipinski definition) is 3. The van der Waals surface area contributed by atoms with Gasteiger partial charge in [-0.3, -0.25) is 9.48 Å². The Morgan fingerprint density at radius 2 is 2.25 bits per heavy atom. The van der Waals surface area contributed by atoms with Crippen LogP contribution in [0.4, 0.5) is 5.69 Å². The molecule has 20 heavy (non-hydrogen) atoms. The van der Waals surface area contributed by atoms with Crippen molar-refractivity contribution < 1.29 is 4.79 Å². The summed E-state index contributed by atoms with van der Waals surface area (Å²) in [7, 11) is 1.61. The van der Waals surface area contributed by atoms with Crippen LogP contribution in [0.3, 0.4) is 0 Å². The summed E-state index contributed by atoms with van der Waals surface area (Å²) >= 11 is 3.49. The lowest BCUT2D eigenvalue weighted by molar-refractivity contribution is -0.121. The molecule has 0 aliphatic carbocycles. The van der Waals surface area contributed by atoms with E-state index in [0.29, 0.717) is 0 Å². The van der Waals surface area contributed by atoms with E-state index in [-0.39, 0.29) is 12.5 Å². The van der Waals surface area contributed by atoms with E-state index in [0.717, 1.165) is 16.7 Å². The molecular formula is C14H17BrN4O. The van der Waals surface area contributed by atoms with Gasteiger partial charge in [0.05, 0.1) is 11.9 Å². The topological polar surface area (TPSA) is 59.0 Å². The number of carbonyl (C=O) groups is 1. The second kappa shape index (κ2) is 6.56. The molecule has 1 aromatic heterocycles. The Labute approximate surface area is 126 Å². The van der Waals surface area contributed by atoms with Crippen molar-refractivity contribution in [2.24, 2.45) is 0 Å². The summed E-state index contributed by atoms with van der Waals surface area (Å²) in [5.41, 5.74) is 3.30. The third-order valence-electron chi connectivity index (χ3n) is 2.94. The number of anilines is 1. The van der Waals surface area contributed by atoms with E-state index in [1.807, 2.05) is 12.3 Å². The fraction of sp³-hybridized carbons (Fsp3) is 0.286. The maximum atomic E-state index is 11.2. The highest BCUT2D eigenvalue weighted by Crippen LogP contribution is 2.18. The van der Waals surface area contributed by atoms with Crippen LogP contribution in [-0.2, 0) is 17.9 Å². The minimum absolute atomic E-state index is 0.0665. The Morgan fingerprint density at radius 3 is 2.95 bits per heavy atom. The lowest BCUT2D eigenvalue weighted by Gasteiger charge is -2.06. The monoisotopic (exact) mass is 336 g/mol. The molecule has 0 aliphatic rings. The molecule has 6 heteroatoms. The average Bonchev–Trinajstić information content (AvgIpc) is 2.87. The number of benzene rings is 1. The summed E-state index contributed by atoms with van der Waals surface area (Å²) in [5.74, 6) is -0.0665. The van der Waals surface area contributed by atoms with Gasteiger partial charge in [-0.05, 0) is 24.1 Å². The van der Waals surface area contributed by atoms with E-state index < -0.39 is 0 Å². The Bertz CT molecular complexity index is 609. The van der Waals surface area contributed by atoms with Crippen LogP contribution in [0.15, 0.2) is 35.1 Å². The Kier molecular flexibility index (Phi) is 4.79. The van der Waals surface area contributed by atoms with Crippen LogP contribution in [-0.4, -0.2) is 22.7 Å². The highest BCUT2D eigenvalue weighted by atomic mass is 79.9. The summed E-state index contributed by atoms with van der Waals surface area (Å²) in [5, 5.41) is 9.99. The molecule has 2 rings (SSSR count). The highest BCUT2D eigenvalue weighted by molar-refractivity contribution is 9.10. The van der Waals surface area contributed by atoms with Gasteiger partial charge in [0.2, 0.25) is 5.91 Å². The Balaban J connectivity index is 1.93. The first-order valence-corrected chi connectivity index (χ1v) is 7.09. The molecule has 1 heterocycles. The van der Waals surface area contributed by atoms with Crippen molar-refractivity contribution >= 4 is 27.5 Å². The van der Waals surface area contributed by atoms with Gasteiger partial charge < -0.3 is 10.6 Å².